The Kier molecular flexibility index (Phi) is 6.39. The minimum atomic E-state index is -0.0966. The fourth-order valence-electron chi connectivity index (χ4n) is 3.11. The van der Waals surface area contributed by atoms with Crippen molar-refractivity contribution in [1.82, 2.24) is 14.8 Å². The van der Waals surface area contributed by atoms with Crippen LogP contribution < -0.4 is 5.32 Å². The highest BCUT2D eigenvalue weighted by atomic mass is 35.5. The van der Waals surface area contributed by atoms with Gasteiger partial charge in [-0.3, -0.25) is 9.36 Å². The molecule has 0 aliphatic carbocycles. The van der Waals surface area contributed by atoms with Crippen LogP contribution in [0.1, 0.15) is 11.1 Å². The topological polar surface area (TPSA) is 59.8 Å². The van der Waals surface area contributed by atoms with Crippen molar-refractivity contribution < 1.29 is 4.79 Å². The molecule has 0 aliphatic heterocycles. The van der Waals surface area contributed by atoms with E-state index < -0.39 is 0 Å². The number of hydrogen-bond acceptors (Lipinski definition) is 4. The van der Waals surface area contributed by atoms with Gasteiger partial charge < -0.3 is 5.32 Å². The molecule has 5 nitrogen and oxygen atoms in total. The van der Waals surface area contributed by atoms with Gasteiger partial charge in [-0.1, -0.05) is 53.2 Å². The lowest BCUT2D eigenvalue weighted by atomic mass is 10.2. The number of aryl methyl sites for hydroxylation is 2. The Hall–Kier alpha value is -3.09. The molecule has 4 rings (SSSR count). The van der Waals surface area contributed by atoms with Crippen LogP contribution in [0.5, 0.6) is 0 Å². The van der Waals surface area contributed by atoms with Gasteiger partial charge in [-0.15, -0.1) is 10.2 Å². The lowest BCUT2D eigenvalue weighted by molar-refractivity contribution is -0.113. The van der Waals surface area contributed by atoms with Crippen LogP contribution in [0.3, 0.4) is 0 Å². The van der Waals surface area contributed by atoms with Crippen LogP contribution in [0.15, 0.2) is 78.0 Å². The zero-order valence-electron chi connectivity index (χ0n) is 17.2. The molecule has 0 radical (unpaired) electrons. The first kappa shape index (κ1) is 21.2. The average Bonchev–Trinajstić information content (AvgIpc) is 3.18. The first-order valence-electron chi connectivity index (χ1n) is 9.77. The molecule has 7 heteroatoms. The lowest BCUT2D eigenvalue weighted by Crippen LogP contribution is -2.14. The Morgan fingerprint density at radius 2 is 1.71 bits per heavy atom. The number of rotatable bonds is 6. The third-order valence-electron chi connectivity index (χ3n) is 4.66. The molecule has 156 valence electrons. The van der Waals surface area contributed by atoms with Crippen LogP contribution in [0.2, 0.25) is 5.02 Å². The predicted molar refractivity (Wildman–Crippen MR) is 127 cm³/mol. The van der Waals surface area contributed by atoms with E-state index in [1.165, 1.54) is 11.8 Å². The highest BCUT2D eigenvalue weighted by Crippen LogP contribution is 2.29. The van der Waals surface area contributed by atoms with E-state index in [-0.39, 0.29) is 11.7 Å². The van der Waals surface area contributed by atoms with Crippen molar-refractivity contribution in [3.05, 3.63) is 88.9 Å². The third kappa shape index (κ3) is 5.16. The van der Waals surface area contributed by atoms with Crippen molar-refractivity contribution in [2.24, 2.45) is 0 Å². The van der Waals surface area contributed by atoms with Gasteiger partial charge in [-0.05, 0) is 67.9 Å². The van der Waals surface area contributed by atoms with E-state index in [1.54, 1.807) is 0 Å². The maximum Gasteiger partial charge on any atom is 0.234 e. The SMILES string of the molecule is Cc1ccc(NC(=O)CSc2nnc(-c3ccc(Cl)cc3)n2-c2cccc(C)c2)cc1. The fourth-order valence-corrected chi connectivity index (χ4v) is 3.99. The van der Waals surface area contributed by atoms with Crippen molar-refractivity contribution in [1.29, 1.82) is 0 Å². The Balaban J connectivity index is 1.60. The van der Waals surface area contributed by atoms with Gasteiger partial charge in [0.25, 0.3) is 0 Å². The van der Waals surface area contributed by atoms with Crippen molar-refractivity contribution in [2.45, 2.75) is 19.0 Å². The van der Waals surface area contributed by atoms with Crippen LogP contribution in [-0.4, -0.2) is 26.4 Å². The molecule has 0 bridgehead atoms. The number of aromatic nitrogens is 3. The molecule has 0 fully saturated rings. The fraction of sp³-hybridized carbons (Fsp3) is 0.125. The summed E-state index contributed by atoms with van der Waals surface area (Å²) in [7, 11) is 0. The number of benzene rings is 3. The Morgan fingerprint density at radius 3 is 2.42 bits per heavy atom. The van der Waals surface area contributed by atoms with E-state index in [0.29, 0.717) is 16.0 Å². The van der Waals surface area contributed by atoms with Crippen molar-refractivity contribution in [2.75, 3.05) is 11.1 Å². The second-order valence-corrected chi connectivity index (χ2v) is 8.57. The van der Waals surface area contributed by atoms with E-state index in [0.717, 1.165) is 28.1 Å². The predicted octanol–water partition coefficient (Wildman–Crippen LogP) is 5.94. The van der Waals surface area contributed by atoms with Gasteiger partial charge in [0, 0.05) is 22.0 Å². The molecule has 1 aromatic heterocycles. The van der Waals surface area contributed by atoms with Gasteiger partial charge in [0.05, 0.1) is 5.75 Å². The number of nitrogens with one attached hydrogen (secondary N) is 1. The van der Waals surface area contributed by atoms with E-state index in [9.17, 15) is 4.79 Å². The van der Waals surface area contributed by atoms with Crippen molar-refractivity contribution in [3.63, 3.8) is 0 Å². The van der Waals surface area contributed by atoms with Crippen LogP contribution in [0.25, 0.3) is 17.1 Å². The zero-order valence-corrected chi connectivity index (χ0v) is 18.7. The highest BCUT2D eigenvalue weighted by molar-refractivity contribution is 7.99. The molecule has 0 atom stereocenters. The number of anilines is 1. The number of hydrogen-bond donors (Lipinski definition) is 1. The normalized spacial score (nSPS) is 10.8. The van der Waals surface area contributed by atoms with Crippen LogP contribution in [-0.2, 0) is 4.79 Å². The summed E-state index contributed by atoms with van der Waals surface area (Å²) in [5.41, 5.74) is 4.89. The molecule has 31 heavy (non-hydrogen) atoms. The van der Waals surface area contributed by atoms with Gasteiger partial charge in [-0.2, -0.15) is 0 Å². The number of nitrogens with zero attached hydrogens (tertiary/aromatic N) is 3. The van der Waals surface area contributed by atoms with Crippen molar-refractivity contribution in [3.8, 4) is 17.1 Å². The summed E-state index contributed by atoms with van der Waals surface area (Å²) in [6, 6.07) is 23.3. The van der Waals surface area contributed by atoms with Gasteiger partial charge in [-0.25, -0.2) is 0 Å². The molecular weight excluding hydrogens is 428 g/mol. The molecule has 3 aromatic carbocycles. The summed E-state index contributed by atoms with van der Waals surface area (Å²) in [6.07, 6.45) is 0. The van der Waals surface area contributed by atoms with Gasteiger partial charge in [0.2, 0.25) is 5.91 Å². The highest BCUT2D eigenvalue weighted by Gasteiger charge is 2.17. The molecule has 1 heterocycles. The Morgan fingerprint density at radius 1 is 0.968 bits per heavy atom. The van der Waals surface area contributed by atoms with Gasteiger partial charge in [0.15, 0.2) is 11.0 Å². The summed E-state index contributed by atoms with van der Waals surface area (Å²) in [5.74, 6) is 0.822. The number of carbonyl (C=O) groups excluding carboxylic acids is 1. The summed E-state index contributed by atoms with van der Waals surface area (Å²) in [4.78, 5) is 12.5. The van der Waals surface area contributed by atoms with Gasteiger partial charge in [0.1, 0.15) is 0 Å². The first-order valence-corrected chi connectivity index (χ1v) is 11.1. The second-order valence-electron chi connectivity index (χ2n) is 7.19. The third-order valence-corrected chi connectivity index (χ3v) is 5.84. The van der Waals surface area contributed by atoms with E-state index in [2.05, 4.69) is 21.6 Å². The van der Waals surface area contributed by atoms with Crippen LogP contribution >= 0.6 is 23.4 Å². The quantitative estimate of drug-likeness (QED) is 0.371. The molecule has 1 amide bonds. The number of halogens is 1. The maximum atomic E-state index is 12.5. The van der Waals surface area contributed by atoms with Crippen LogP contribution in [0.4, 0.5) is 5.69 Å². The summed E-state index contributed by atoms with van der Waals surface area (Å²) in [6.45, 7) is 4.05. The minimum absolute atomic E-state index is 0.0966. The summed E-state index contributed by atoms with van der Waals surface area (Å²) >= 11 is 7.40. The Bertz CT molecular complexity index is 1200. The first-order chi connectivity index (χ1) is 15.0. The number of carbonyl (C=O) groups is 1. The van der Waals surface area contributed by atoms with E-state index in [4.69, 9.17) is 11.6 Å². The van der Waals surface area contributed by atoms with Crippen molar-refractivity contribution >= 4 is 35.0 Å². The molecule has 0 aliphatic rings. The largest absolute Gasteiger partial charge is 0.325 e. The molecule has 0 saturated heterocycles. The van der Waals surface area contributed by atoms with Crippen LogP contribution in [0, 0.1) is 13.8 Å². The molecule has 0 unspecified atom stereocenters. The standard InChI is InChI=1S/C24H21ClN4OS/c1-16-6-12-20(13-7-16)26-22(30)15-31-24-28-27-23(18-8-10-19(25)11-9-18)29(24)21-5-3-4-17(2)14-21/h3-14H,15H2,1-2H3,(H,26,30). The minimum Gasteiger partial charge on any atom is -0.325 e. The summed E-state index contributed by atoms with van der Waals surface area (Å²) < 4.78 is 1.97. The van der Waals surface area contributed by atoms with E-state index >= 15 is 0 Å². The monoisotopic (exact) mass is 448 g/mol. The molecular formula is C24H21ClN4OS. The number of amides is 1. The second kappa shape index (κ2) is 9.37. The smallest absolute Gasteiger partial charge is 0.234 e. The molecule has 0 saturated carbocycles. The lowest BCUT2D eigenvalue weighted by Gasteiger charge is -2.11. The van der Waals surface area contributed by atoms with Gasteiger partial charge >= 0.3 is 0 Å². The number of thioether (sulfide) groups is 1. The van der Waals surface area contributed by atoms with E-state index in [1.807, 2.05) is 85.1 Å². The Labute approximate surface area is 190 Å². The average molecular weight is 449 g/mol. The molecule has 4 aromatic rings. The maximum absolute atomic E-state index is 12.5. The molecule has 1 N–H and O–H groups in total. The molecule has 0 spiro atoms. The zero-order chi connectivity index (χ0) is 21.8. The summed E-state index contributed by atoms with van der Waals surface area (Å²) in [5, 5.41) is 13.0.